The van der Waals surface area contributed by atoms with E-state index in [-0.39, 0.29) is 5.91 Å². The first-order chi connectivity index (χ1) is 20.1. The van der Waals surface area contributed by atoms with E-state index in [0.29, 0.717) is 47.0 Å². The molecule has 7 atom stereocenters. The Bertz CT molecular complexity index is 1250. The Morgan fingerprint density at radius 1 is 1.29 bits per heavy atom. The van der Waals surface area contributed by atoms with Gasteiger partial charge in [-0.05, 0) is 46.0 Å². The van der Waals surface area contributed by atoms with Crippen molar-refractivity contribution in [3.8, 4) is 5.75 Å². The minimum Gasteiger partial charge on any atom is -0.493 e. The van der Waals surface area contributed by atoms with Crippen LogP contribution in [0.3, 0.4) is 0 Å². The molecule has 1 unspecified atom stereocenters. The molecule has 1 aromatic rings. The Balaban J connectivity index is 1.22. The number of carbonyl (C=O) groups excluding carboxylic acids is 1. The first-order valence-electron chi connectivity index (χ1n) is 14.4. The van der Waals surface area contributed by atoms with Gasteiger partial charge in [-0.1, -0.05) is 18.5 Å². The maximum absolute atomic E-state index is 13.2. The van der Waals surface area contributed by atoms with E-state index in [9.17, 15) is 19.8 Å². The van der Waals surface area contributed by atoms with Crippen LogP contribution in [0.25, 0.3) is 0 Å². The van der Waals surface area contributed by atoms with E-state index in [1.165, 1.54) is 17.8 Å². The number of oxime groups is 1. The highest BCUT2D eigenvalue weighted by atomic mass is 32.2. The van der Waals surface area contributed by atoms with Crippen LogP contribution in [0, 0.1) is 5.92 Å². The van der Waals surface area contributed by atoms with Crippen LogP contribution in [0.2, 0.25) is 0 Å². The summed E-state index contributed by atoms with van der Waals surface area (Å²) in [5.41, 5.74) is -0.0969. The zero-order chi connectivity index (χ0) is 30.0. The molecule has 0 radical (unpaired) electrons. The molecule has 0 bridgehead atoms. The second-order valence-corrected chi connectivity index (χ2v) is 12.5. The normalized spacial score (nSPS) is 31.3. The maximum atomic E-state index is 13.2. The molecule has 1 aliphatic carbocycles. The predicted molar refractivity (Wildman–Crippen MR) is 152 cm³/mol. The van der Waals surface area contributed by atoms with E-state index >= 15 is 0 Å². The van der Waals surface area contributed by atoms with Crippen molar-refractivity contribution in [3.05, 3.63) is 28.3 Å². The van der Waals surface area contributed by atoms with Gasteiger partial charge in [-0.25, -0.2) is 4.79 Å². The zero-order valence-electron chi connectivity index (χ0n) is 24.2. The molecule has 3 fully saturated rings. The van der Waals surface area contributed by atoms with E-state index in [1.54, 1.807) is 26.8 Å². The second-order valence-electron chi connectivity index (χ2n) is 11.4. The number of nitrogens with zero attached hydrogens (tertiary/aromatic N) is 2. The molecule has 14 heteroatoms. The van der Waals surface area contributed by atoms with Crippen molar-refractivity contribution in [2.75, 3.05) is 19.0 Å². The van der Waals surface area contributed by atoms with Gasteiger partial charge in [0.05, 0.1) is 25.3 Å². The summed E-state index contributed by atoms with van der Waals surface area (Å²) in [6.45, 7) is 7.23. The Kier molecular flexibility index (Phi) is 9.59. The van der Waals surface area contributed by atoms with Gasteiger partial charge in [0, 0.05) is 11.8 Å². The van der Waals surface area contributed by atoms with Crippen LogP contribution >= 0.6 is 11.8 Å². The van der Waals surface area contributed by atoms with E-state index < -0.39 is 60.8 Å². The molecule has 4 heterocycles. The number of carbonyl (C=O) groups is 1. The van der Waals surface area contributed by atoms with Gasteiger partial charge in [-0.2, -0.15) is 0 Å². The lowest BCUT2D eigenvalue weighted by Crippen LogP contribution is -2.57. The first kappa shape index (κ1) is 31.0. The number of amides is 1. The molecule has 4 aliphatic rings. The van der Waals surface area contributed by atoms with Crippen LogP contribution in [0.5, 0.6) is 5.75 Å². The van der Waals surface area contributed by atoms with Crippen LogP contribution in [0.1, 0.15) is 65.2 Å². The lowest BCUT2D eigenvalue weighted by molar-refractivity contribution is -0.280. The quantitative estimate of drug-likeness (QED) is 0.234. The number of rotatable bonds is 12. The van der Waals surface area contributed by atoms with E-state index in [4.69, 9.17) is 28.2 Å². The molecule has 13 nitrogen and oxygen atoms in total. The number of aliphatic imine (C=N–C) groups is 1. The fourth-order valence-electron chi connectivity index (χ4n) is 5.01. The Hall–Kier alpha value is -2.49. The van der Waals surface area contributed by atoms with E-state index in [2.05, 4.69) is 15.5 Å². The fraction of sp³-hybridized carbons (Fsp3) is 0.714. The van der Waals surface area contributed by atoms with Crippen LogP contribution < -0.4 is 15.7 Å². The number of nitrogens with one attached hydrogen (secondary N) is 1. The molecule has 1 aromatic heterocycles. The summed E-state index contributed by atoms with van der Waals surface area (Å²) in [4.78, 5) is 35.6. The molecular weight excluding hydrogens is 570 g/mol. The largest absolute Gasteiger partial charge is 0.493 e. The van der Waals surface area contributed by atoms with Crippen molar-refractivity contribution >= 4 is 28.4 Å². The van der Waals surface area contributed by atoms with Gasteiger partial charge in [-0.3, -0.25) is 9.79 Å². The number of ether oxygens (including phenoxy) is 4. The summed E-state index contributed by atoms with van der Waals surface area (Å²) in [6.07, 6.45) is -0.997. The van der Waals surface area contributed by atoms with Crippen molar-refractivity contribution in [1.29, 1.82) is 0 Å². The van der Waals surface area contributed by atoms with Crippen molar-refractivity contribution in [2.24, 2.45) is 16.1 Å². The van der Waals surface area contributed by atoms with E-state index in [0.717, 1.165) is 19.3 Å². The molecular formula is C28H39N3O10S. The first-order valence-corrected chi connectivity index (χ1v) is 15.3. The van der Waals surface area contributed by atoms with Gasteiger partial charge in [0.1, 0.15) is 46.6 Å². The van der Waals surface area contributed by atoms with Crippen LogP contribution in [-0.2, 0) is 23.8 Å². The molecule has 0 spiro atoms. The molecule has 42 heavy (non-hydrogen) atoms. The Morgan fingerprint density at radius 3 is 2.76 bits per heavy atom. The van der Waals surface area contributed by atoms with Crippen molar-refractivity contribution < 1.29 is 43.2 Å². The zero-order valence-corrected chi connectivity index (χ0v) is 25.0. The summed E-state index contributed by atoms with van der Waals surface area (Å²) >= 11 is 1.36. The van der Waals surface area contributed by atoms with Gasteiger partial charge in [0.2, 0.25) is 5.91 Å². The van der Waals surface area contributed by atoms with Crippen molar-refractivity contribution in [1.82, 2.24) is 5.32 Å². The maximum Gasteiger partial charge on any atom is 0.339 e. The highest BCUT2D eigenvalue weighted by Gasteiger charge is 2.56. The minimum atomic E-state index is -1.09. The number of aliphatic hydroxyl groups is 2. The highest BCUT2D eigenvalue weighted by molar-refractivity contribution is 8.16. The third-order valence-corrected chi connectivity index (χ3v) is 8.53. The van der Waals surface area contributed by atoms with Crippen molar-refractivity contribution in [2.45, 2.75) is 102 Å². The lowest BCUT2D eigenvalue weighted by atomic mass is 9.99. The molecule has 2 saturated heterocycles. The Morgan fingerprint density at radius 2 is 2.05 bits per heavy atom. The molecule has 0 aromatic carbocycles. The minimum absolute atomic E-state index is 0.298. The SMILES string of the molecule is CCC[C@@H](NC(=O)C1CSC(/C(C)=N/O[C@H]2O[C@H](CO)[C@@H](O)[C@@H]3OC(C)(C)O[C@H]23)=N1)c1cc(OCC2CC2)cc(=O)o1. The number of thioether (sulfide) groups is 1. The molecule has 3 aliphatic heterocycles. The van der Waals surface area contributed by atoms with Crippen molar-refractivity contribution in [3.63, 3.8) is 0 Å². The molecule has 5 rings (SSSR count). The Labute approximate surface area is 248 Å². The lowest BCUT2D eigenvalue weighted by Gasteiger charge is -2.37. The predicted octanol–water partition coefficient (Wildman–Crippen LogP) is 1.89. The van der Waals surface area contributed by atoms with E-state index in [1.807, 2.05) is 6.92 Å². The number of hydrogen-bond donors (Lipinski definition) is 3. The van der Waals surface area contributed by atoms with Gasteiger partial charge in [-0.15, -0.1) is 11.8 Å². The number of fused-ring (bicyclic) bond motifs is 1. The molecule has 1 amide bonds. The summed E-state index contributed by atoms with van der Waals surface area (Å²) in [5.74, 6) is 0.454. The van der Waals surface area contributed by atoms with Gasteiger partial charge >= 0.3 is 5.63 Å². The summed E-state index contributed by atoms with van der Waals surface area (Å²) in [5, 5.41) is 27.8. The summed E-state index contributed by atoms with van der Waals surface area (Å²) in [6, 6.07) is 1.82. The standard InChI is InChI=1S/C28H39N3O10S/c1-5-6-17(19-9-16(10-21(33)37-19)36-12-15-7-8-15)29-25(35)18-13-42-26(30-18)14(2)31-41-27-24-23(39-28(3,4)40-24)22(34)20(11-32)38-27/h9-10,15,17-18,20,22-24,27,32,34H,5-8,11-13H2,1-4H3,(H,29,35)/b31-14+/t17-,18?,20-,22-,23+,24+,27-/m1/s1. The highest BCUT2D eigenvalue weighted by Crippen LogP contribution is 2.38. The van der Waals surface area contributed by atoms with Crippen LogP contribution in [0.4, 0.5) is 0 Å². The van der Waals surface area contributed by atoms with Gasteiger partial charge in [0.15, 0.2) is 11.9 Å². The fourth-order valence-corrected chi connectivity index (χ4v) is 6.00. The second kappa shape index (κ2) is 13.0. The molecule has 232 valence electrons. The molecule has 3 N–H and O–H groups in total. The third-order valence-electron chi connectivity index (χ3n) is 7.38. The smallest absolute Gasteiger partial charge is 0.339 e. The summed E-state index contributed by atoms with van der Waals surface area (Å²) < 4.78 is 28.6. The third kappa shape index (κ3) is 7.34. The topological polar surface area (TPSA) is 171 Å². The number of aliphatic hydroxyl groups excluding tert-OH is 2. The summed E-state index contributed by atoms with van der Waals surface area (Å²) in [7, 11) is 0. The van der Waals surface area contributed by atoms with Gasteiger partial charge < -0.3 is 43.7 Å². The van der Waals surface area contributed by atoms with Gasteiger partial charge in [0.25, 0.3) is 6.29 Å². The van der Waals surface area contributed by atoms with Crippen LogP contribution in [0.15, 0.2) is 31.5 Å². The average Bonchev–Trinajstić information content (AvgIpc) is 3.53. The average molecular weight is 610 g/mol. The monoisotopic (exact) mass is 609 g/mol. The van der Waals surface area contributed by atoms with Crippen LogP contribution in [-0.4, -0.2) is 88.4 Å². The number of hydrogen-bond acceptors (Lipinski definition) is 13. The molecule has 1 saturated carbocycles.